The molecule has 0 spiro atoms. The molecular weight excluding hydrogens is 672 g/mol. The molecule has 1 N–H and O–H groups in total. The van der Waals surface area contributed by atoms with E-state index < -0.39 is 42.1 Å². The molecule has 18 heteroatoms. The zero-order valence-electron chi connectivity index (χ0n) is 29.4. The van der Waals surface area contributed by atoms with Crippen LogP contribution in [0.5, 0.6) is 5.75 Å². The van der Waals surface area contributed by atoms with Crippen molar-refractivity contribution in [3.8, 4) is 28.3 Å². The van der Waals surface area contributed by atoms with Gasteiger partial charge in [-0.3, -0.25) is 13.9 Å². The fraction of sp³-hybridized carbons (Fsp3) is 0.469. The molecule has 50 heavy (non-hydrogen) atoms. The number of anilines is 1. The molecule has 4 aromatic rings. The van der Waals surface area contributed by atoms with Crippen molar-refractivity contribution in [1.82, 2.24) is 24.5 Å². The lowest BCUT2D eigenvalue weighted by Gasteiger charge is -2.31. The number of aromatic nitrogens is 5. The quantitative estimate of drug-likeness (QED) is 0.136. The molecule has 0 amide bonds. The van der Waals surface area contributed by atoms with Gasteiger partial charge in [0.25, 0.3) is 0 Å². The Bertz CT molecular complexity index is 1860. The number of halogens is 2. The summed E-state index contributed by atoms with van der Waals surface area (Å²) in [5.41, 5.74) is 1.74. The molecule has 1 atom stereocenters. The number of ether oxygens (including phenoxy) is 1. The lowest BCUT2D eigenvalue weighted by molar-refractivity contribution is 0.0350. The van der Waals surface area contributed by atoms with Gasteiger partial charge in [0.2, 0.25) is 0 Å². The molecule has 2 bridgehead atoms. The second-order valence-corrected chi connectivity index (χ2v) is 15.8. The summed E-state index contributed by atoms with van der Waals surface area (Å²) in [4.78, 5) is 4.68. The zero-order chi connectivity index (χ0) is 37.0. The fourth-order valence-electron chi connectivity index (χ4n) is 5.40. The second-order valence-electron chi connectivity index (χ2n) is 14.4. The minimum atomic E-state index is -1.80. The van der Waals surface area contributed by atoms with E-state index in [0.717, 1.165) is 0 Å². The average Bonchev–Trinajstić information content (AvgIpc) is 3.50. The smallest absolute Gasteiger partial charge is 0.335 e. The zero-order valence-corrected chi connectivity index (χ0v) is 31.1. The van der Waals surface area contributed by atoms with Gasteiger partial charge in [0, 0.05) is 48.2 Å². The summed E-state index contributed by atoms with van der Waals surface area (Å²) >= 11 is 6.82. The van der Waals surface area contributed by atoms with Crippen molar-refractivity contribution in [3.05, 3.63) is 64.3 Å². The van der Waals surface area contributed by atoms with E-state index in [9.17, 15) is 4.39 Å². The van der Waals surface area contributed by atoms with Crippen molar-refractivity contribution < 1.29 is 22.7 Å². The first-order chi connectivity index (χ1) is 23.0. The van der Waals surface area contributed by atoms with Gasteiger partial charge in [0.1, 0.15) is 18.7 Å². The number of rotatable bonds is 8. The van der Waals surface area contributed by atoms with Crippen LogP contribution in [0.4, 0.5) is 10.2 Å². The van der Waals surface area contributed by atoms with Crippen LogP contribution in [0.1, 0.15) is 71.3 Å². The van der Waals surface area contributed by atoms with Crippen molar-refractivity contribution in [2.24, 2.45) is 7.05 Å². The molecule has 1 aliphatic rings. The maximum absolute atomic E-state index is 14.9. The van der Waals surface area contributed by atoms with Gasteiger partial charge in [-0.2, -0.15) is 10.2 Å². The molecule has 4 heterocycles. The number of hydrogen-bond acceptors (Lipinski definition) is 8. The summed E-state index contributed by atoms with van der Waals surface area (Å²) in [6, 6.07) is 6.01. The number of nitrogens with one attached hydrogen (secondary N) is 1. The average molecular weight is 708 g/mol. The van der Waals surface area contributed by atoms with E-state index in [0.29, 0.717) is 39.5 Å². The van der Waals surface area contributed by atoms with Crippen molar-refractivity contribution >= 4 is 65.3 Å². The van der Waals surface area contributed by atoms with Gasteiger partial charge in [0.15, 0.2) is 16.7 Å². The Kier molecular flexibility index (Phi) is 10.8. The Balaban J connectivity index is 1.68. The SMILES string of the molecule is [B]C([B])([B])Cn1nc(Cl)c2c1-c1cnc(NCOP(OC(C)(C)C)OC(C)(C)C)c(c1)O[C@H](C)c1cc(F)ccc1-c1nn(C)cc1C2([B])[B]. The van der Waals surface area contributed by atoms with E-state index in [4.69, 9.17) is 69.1 Å². The molecular formula is C32H36B5ClFN6O4P. The van der Waals surface area contributed by atoms with Crippen molar-refractivity contribution in [1.29, 1.82) is 0 Å². The minimum Gasteiger partial charge on any atom is -0.482 e. The van der Waals surface area contributed by atoms with Gasteiger partial charge in [-0.05, 0) is 83.5 Å². The first kappa shape index (κ1) is 38.5. The van der Waals surface area contributed by atoms with Crippen LogP contribution < -0.4 is 10.1 Å². The van der Waals surface area contributed by atoms with Crippen LogP contribution in [0.25, 0.3) is 22.5 Å². The predicted molar refractivity (Wildman–Crippen MR) is 199 cm³/mol. The molecule has 0 fully saturated rings. The van der Waals surface area contributed by atoms with Crippen LogP contribution in [-0.2, 0) is 32.4 Å². The Hall–Kier alpha value is -2.76. The van der Waals surface area contributed by atoms with Gasteiger partial charge in [-0.1, -0.05) is 11.6 Å². The van der Waals surface area contributed by atoms with E-state index in [1.807, 2.05) is 41.5 Å². The number of benzene rings is 1. The largest absolute Gasteiger partial charge is 0.482 e. The molecule has 0 aliphatic carbocycles. The van der Waals surface area contributed by atoms with Crippen LogP contribution in [-0.4, -0.2) is 81.7 Å². The van der Waals surface area contributed by atoms with Gasteiger partial charge in [0.05, 0.1) is 61.8 Å². The monoisotopic (exact) mass is 708 g/mol. The number of fused-ring (bicyclic) bond motifs is 7. The molecule has 0 saturated carbocycles. The fourth-order valence-corrected chi connectivity index (χ4v) is 6.94. The van der Waals surface area contributed by atoms with E-state index >= 15 is 0 Å². The van der Waals surface area contributed by atoms with E-state index in [2.05, 4.69) is 20.5 Å². The first-order valence-corrected chi connectivity index (χ1v) is 17.3. The summed E-state index contributed by atoms with van der Waals surface area (Å²) in [5.74, 6) is 0.0926. The summed E-state index contributed by atoms with van der Waals surface area (Å²) in [5, 5.41) is 8.82. The topological polar surface area (TPSA) is 97.5 Å². The lowest BCUT2D eigenvalue weighted by Crippen LogP contribution is -2.30. The summed E-state index contributed by atoms with van der Waals surface area (Å²) in [7, 11) is 32.1. The number of nitrogens with zero attached hydrogens (tertiary/aromatic N) is 5. The predicted octanol–water partition coefficient (Wildman–Crippen LogP) is 5.95. The number of aryl methyl sites for hydroxylation is 1. The molecule has 0 saturated heterocycles. The highest BCUT2D eigenvalue weighted by Gasteiger charge is 2.37. The normalized spacial score (nSPS) is 16.1. The Morgan fingerprint density at radius 2 is 1.72 bits per heavy atom. The van der Waals surface area contributed by atoms with Gasteiger partial charge in [-0.25, -0.2) is 9.37 Å². The molecule has 252 valence electrons. The van der Waals surface area contributed by atoms with E-state index in [1.54, 1.807) is 43.2 Å². The van der Waals surface area contributed by atoms with Crippen LogP contribution >= 0.6 is 20.2 Å². The lowest BCUT2D eigenvalue weighted by atomic mass is 9.42. The van der Waals surface area contributed by atoms with Crippen molar-refractivity contribution in [2.45, 2.75) is 82.6 Å². The van der Waals surface area contributed by atoms with Crippen LogP contribution in [0.15, 0.2) is 36.7 Å². The third kappa shape index (κ3) is 8.81. The highest BCUT2D eigenvalue weighted by Crippen LogP contribution is 2.48. The molecule has 10 nitrogen and oxygen atoms in total. The minimum absolute atomic E-state index is 0.0297. The van der Waals surface area contributed by atoms with E-state index in [-0.39, 0.29) is 29.7 Å². The number of hydrogen-bond donors (Lipinski definition) is 1. The third-order valence-corrected chi connectivity index (χ3v) is 9.26. The van der Waals surface area contributed by atoms with Gasteiger partial charge < -0.3 is 19.1 Å². The van der Waals surface area contributed by atoms with Crippen LogP contribution in [0.2, 0.25) is 10.3 Å². The Morgan fingerprint density at radius 1 is 1.06 bits per heavy atom. The molecule has 0 unspecified atom stereocenters. The maximum atomic E-state index is 14.9. The van der Waals surface area contributed by atoms with E-state index in [1.165, 1.54) is 16.8 Å². The van der Waals surface area contributed by atoms with Crippen LogP contribution in [0, 0.1) is 5.82 Å². The Labute approximate surface area is 305 Å². The maximum Gasteiger partial charge on any atom is 0.335 e. The first-order valence-electron chi connectivity index (χ1n) is 15.8. The van der Waals surface area contributed by atoms with Gasteiger partial charge >= 0.3 is 8.60 Å². The Morgan fingerprint density at radius 3 is 2.34 bits per heavy atom. The second kappa shape index (κ2) is 14.0. The van der Waals surface area contributed by atoms with Crippen molar-refractivity contribution in [3.63, 3.8) is 0 Å². The van der Waals surface area contributed by atoms with Gasteiger partial charge in [-0.15, -0.1) is 5.11 Å². The van der Waals surface area contributed by atoms with Crippen molar-refractivity contribution in [2.75, 3.05) is 12.0 Å². The van der Waals surface area contributed by atoms with Crippen LogP contribution in [0.3, 0.4) is 0 Å². The summed E-state index contributed by atoms with van der Waals surface area (Å²) in [6.07, 6.45) is 2.49. The molecule has 1 aromatic carbocycles. The standard InChI is InChI=1S/C32H36B5ClFN6O4P/c1-17-21-12-19(39)9-10-20(21)25-22(14-44(8)42-25)32(36,37)24-26(45(43-27(24)38)15-31(33,34)35)18-11-23(47-17)28(40-13-18)41-16-46-50(48-29(2,3)4)49-30(5,6)7/h9-14,17H,15-16H2,1-8H3,(H,40,41)/t17-/m1/s1. The summed E-state index contributed by atoms with van der Waals surface area (Å²) in [6.45, 7) is 13.0. The third-order valence-electron chi connectivity index (χ3n) is 7.26. The highest BCUT2D eigenvalue weighted by atomic mass is 35.5. The molecule has 3 aromatic heterocycles. The summed E-state index contributed by atoms with van der Waals surface area (Å²) < 4.78 is 42.6. The molecule has 10 radical (unpaired) electrons. The highest BCUT2D eigenvalue weighted by molar-refractivity contribution is 7.41. The molecule has 1 aliphatic heterocycles. The number of pyridine rings is 1. The molecule has 5 rings (SSSR count).